The van der Waals surface area contributed by atoms with E-state index in [0.29, 0.717) is 5.92 Å². The van der Waals surface area contributed by atoms with Gasteiger partial charge in [0.05, 0.1) is 5.69 Å². The van der Waals surface area contributed by atoms with Crippen molar-refractivity contribution in [3.05, 3.63) is 18.3 Å². The minimum absolute atomic E-state index is 0.0443. The van der Waals surface area contributed by atoms with Gasteiger partial charge in [0.25, 0.3) is 0 Å². The topological polar surface area (TPSA) is 57.3 Å². The van der Waals surface area contributed by atoms with Crippen molar-refractivity contribution < 1.29 is 4.79 Å². The predicted molar refractivity (Wildman–Crippen MR) is 79.8 cm³/mol. The molecule has 108 valence electrons. The van der Waals surface area contributed by atoms with E-state index in [1.807, 2.05) is 19.1 Å². The molecule has 0 spiro atoms. The number of carbonyl (C=O) groups is 1. The van der Waals surface area contributed by atoms with Crippen LogP contribution >= 0.6 is 0 Å². The van der Waals surface area contributed by atoms with Gasteiger partial charge in [0.2, 0.25) is 5.91 Å². The predicted octanol–water partition coefficient (Wildman–Crippen LogP) is 1.48. The molecule has 3 rings (SSSR count). The summed E-state index contributed by atoms with van der Waals surface area (Å²) in [6, 6.07) is 3.83. The molecule has 2 N–H and O–H groups in total. The lowest BCUT2D eigenvalue weighted by Gasteiger charge is -2.32. The van der Waals surface area contributed by atoms with Crippen molar-refractivity contribution in [2.24, 2.45) is 11.8 Å². The van der Waals surface area contributed by atoms with Crippen LogP contribution in [0.15, 0.2) is 18.3 Å². The molecule has 1 unspecified atom stereocenters. The van der Waals surface area contributed by atoms with Crippen LogP contribution in [0.5, 0.6) is 0 Å². The SMILES string of the molecule is CC(C(=O)Nc1cccnc1N1CCCC1)C1CNC1. The fourth-order valence-corrected chi connectivity index (χ4v) is 2.80. The van der Waals surface area contributed by atoms with Crippen LogP contribution in [-0.4, -0.2) is 37.1 Å². The smallest absolute Gasteiger partial charge is 0.227 e. The molecule has 1 aromatic heterocycles. The quantitative estimate of drug-likeness (QED) is 0.873. The zero-order chi connectivity index (χ0) is 13.9. The summed E-state index contributed by atoms with van der Waals surface area (Å²) in [6.07, 6.45) is 4.20. The van der Waals surface area contributed by atoms with Crippen molar-refractivity contribution in [3.63, 3.8) is 0 Å². The molecule has 3 heterocycles. The van der Waals surface area contributed by atoms with Gasteiger partial charge < -0.3 is 15.5 Å². The Kier molecular flexibility index (Phi) is 3.87. The second-order valence-electron chi connectivity index (χ2n) is 5.76. The van der Waals surface area contributed by atoms with Gasteiger partial charge in [-0.05, 0) is 44.0 Å². The number of aromatic nitrogens is 1. The number of nitrogens with zero attached hydrogens (tertiary/aromatic N) is 2. The fraction of sp³-hybridized carbons (Fsp3) is 0.600. The molecule has 0 aromatic carbocycles. The summed E-state index contributed by atoms with van der Waals surface area (Å²) < 4.78 is 0. The molecule has 1 amide bonds. The van der Waals surface area contributed by atoms with E-state index in [4.69, 9.17) is 0 Å². The molecule has 20 heavy (non-hydrogen) atoms. The molecule has 2 aliphatic heterocycles. The van der Waals surface area contributed by atoms with Gasteiger partial charge in [0, 0.05) is 25.2 Å². The first-order valence-corrected chi connectivity index (χ1v) is 7.47. The van der Waals surface area contributed by atoms with Crippen LogP contribution in [0.25, 0.3) is 0 Å². The van der Waals surface area contributed by atoms with E-state index >= 15 is 0 Å². The number of hydrogen-bond donors (Lipinski definition) is 2. The molecule has 2 aliphatic rings. The average molecular weight is 274 g/mol. The number of hydrogen-bond acceptors (Lipinski definition) is 4. The highest BCUT2D eigenvalue weighted by atomic mass is 16.1. The second-order valence-corrected chi connectivity index (χ2v) is 5.76. The van der Waals surface area contributed by atoms with E-state index in [9.17, 15) is 4.79 Å². The highest BCUT2D eigenvalue weighted by Crippen LogP contribution is 2.27. The summed E-state index contributed by atoms with van der Waals surface area (Å²) in [6.45, 7) is 5.96. The molecule has 0 saturated carbocycles. The first-order valence-electron chi connectivity index (χ1n) is 7.47. The fourth-order valence-electron chi connectivity index (χ4n) is 2.80. The number of rotatable bonds is 4. The zero-order valence-electron chi connectivity index (χ0n) is 11.9. The van der Waals surface area contributed by atoms with E-state index in [-0.39, 0.29) is 11.8 Å². The summed E-state index contributed by atoms with van der Waals surface area (Å²) in [5, 5.41) is 6.28. The minimum atomic E-state index is 0.0443. The van der Waals surface area contributed by atoms with Crippen molar-refractivity contribution in [2.75, 3.05) is 36.4 Å². The van der Waals surface area contributed by atoms with E-state index in [0.717, 1.165) is 37.7 Å². The molecule has 0 bridgehead atoms. The molecule has 1 aromatic rings. The minimum Gasteiger partial charge on any atom is -0.355 e. The molecule has 0 aliphatic carbocycles. The Labute approximate surface area is 119 Å². The van der Waals surface area contributed by atoms with Gasteiger partial charge >= 0.3 is 0 Å². The van der Waals surface area contributed by atoms with Gasteiger partial charge in [-0.25, -0.2) is 4.98 Å². The monoisotopic (exact) mass is 274 g/mol. The van der Waals surface area contributed by atoms with Gasteiger partial charge in [-0.3, -0.25) is 4.79 Å². The summed E-state index contributed by atoms with van der Waals surface area (Å²) in [7, 11) is 0. The van der Waals surface area contributed by atoms with Crippen molar-refractivity contribution in [1.82, 2.24) is 10.3 Å². The third kappa shape index (κ3) is 2.63. The maximum Gasteiger partial charge on any atom is 0.227 e. The molecule has 1 atom stereocenters. The van der Waals surface area contributed by atoms with E-state index in [1.165, 1.54) is 12.8 Å². The van der Waals surface area contributed by atoms with E-state index in [2.05, 4.69) is 20.5 Å². The lowest BCUT2D eigenvalue weighted by molar-refractivity contribution is -0.121. The van der Waals surface area contributed by atoms with Gasteiger partial charge in [-0.15, -0.1) is 0 Å². The number of carbonyl (C=O) groups excluding carboxylic acids is 1. The first kappa shape index (κ1) is 13.4. The normalized spacial score (nSPS) is 20.6. The molecule has 2 fully saturated rings. The van der Waals surface area contributed by atoms with Crippen LogP contribution in [0.2, 0.25) is 0 Å². The Morgan fingerprint density at radius 1 is 1.45 bits per heavy atom. The Hall–Kier alpha value is -1.62. The number of pyridine rings is 1. The maximum atomic E-state index is 12.3. The van der Waals surface area contributed by atoms with Gasteiger partial charge in [-0.2, -0.15) is 0 Å². The van der Waals surface area contributed by atoms with Crippen molar-refractivity contribution in [2.45, 2.75) is 19.8 Å². The number of nitrogens with one attached hydrogen (secondary N) is 2. The van der Waals surface area contributed by atoms with Crippen LogP contribution in [0.4, 0.5) is 11.5 Å². The largest absolute Gasteiger partial charge is 0.355 e. The van der Waals surface area contributed by atoms with E-state index < -0.39 is 0 Å². The summed E-state index contributed by atoms with van der Waals surface area (Å²) in [4.78, 5) is 19.0. The van der Waals surface area contributed by atoms with Crippen LogP contribution in [0.3, 0.4) is 0 Å². The standard InChI is InChI=1S/C15H22N4O/c1-11(12-9-16-10-12)15(20)18-13-5-4-6-17-14(13)19-7-2-3-8-19/h4-6,11-12,16H,2-3,7-10H2,1H3,(H,18,20). The summed E-state index contributed by atoms with van der Waals surface area (Å²) in [5.41, 5.74) is 0.846. The molecular formula is C15H22N4O. The van der Waals surface area contributed by atoms with E-state index in [1.54, 1.807) is 6.20 Å². The number of amides is 1. The van der Waals surface area contributed by atoms with Crippen molar-refractivity contribution in [1.29, 1.82) is 0 Å². The molecule has 5 heteroatoms. The Morgan fingerprint density at radius 3 is 2.85 bits per heavy atom. The average Bonchev–Trinajstić information content (AvgIpc) is 2.91. The Balaban J connectivity index is 1.71. The Bertz CT molecular complexity index is 481. The van der Waals surface area contributed by atoms with Crippen LogP contribution < -0.4 is 15.5 Å². The van der Waals surface area contributed by atoms with Crippen LogP contribution in [0.1, 0.15) is 19.8 Å². The molecule has 0 radical (unpaired) electrons. The van der Waals surface area contributed by atoms with Gasteiger partial charge in [-0.1, -0.05) is 6.92 Å². The summed E-state index contributed by atoms with van der Waals surface area (Å²) >= 11 is 0. The Morgan fingerprint density at radius 2 is 2.20 bits per heavy atom. The van der Waals surface area contributed by atoms with Gasteiger partial charge in [0.15, 0.2) is 5.82 Å². The third-order valence-corrected chi connectivity index (χ3v) is 4.38. The highest BCUT2D eigenvalue weighted by molar-refractivity contribution is 5.95. The third-order valence-electron chi connectivity index (χ3n) is 4.38. The molecule has 2 saturated heterocycles. The van der Waals surface area contributed by atoms with Gasteiger partial charge in [0.1, 0.15) is 0 Å². The van der Waals surface area contributed by atoms with Crippen molar-refractivity contribution in [3.8, 4) is 0 Å². The van der Waals surface area contributed by atoms with Crippen LogP contribution in [0, 0.1) is 11.8 Å². The molecular weight excluding hydrogens is 252 g/mol. The lowest BCUT2D eigenvalue weighted by atomic mass is 9.88. The number of anilines is 2. The summed E-state index contributed by atoms with van der Waals surface area (Å²) in [5.74, 6) is 1.52. The first-order chi connectivity index (χ1) is 9.75. The second kappa shape index (κ2) is 5.79. The van der Waals surface area contributed by atoms with Crippen molar-refractivity contribution >= 4 is 17.4 Å². The highest BCUT2D eigenvalue weighted by Gasteiger charge is 2.29. The molecule has 5 nitrogen and oxygen atoms in total. The zero-order valence-corrected chi connectivity index (χ0v) is 11.9. The van der Waals surface area contributed by atoms with Crippen LogP contribution in [-0.2, 0) is 4.79 Å². The lowest BCUT2D eigenvalue weighted by Crippen LogP contribution is -2.48. The maximum absolute atomic E-state index is 12.3.